The maximum Gasteiger partial charge on any atom is 0.337 e. The van der Waals surface area contributed by atoms with Crippen LogP contribution in [0.3, 0.4) is 0 Å². The van der Waals surface area contributed by atoms with Gasteiger partial charge in [-0.15, -0.1) is 0 Å². The van der Waals surface area contributed by atoms with E-state index in [0.717, 1.165) is 28.4 Å². The van der Waals surface area contributed by atoms with Gasteiger partial charge in [-0.3, -0.25) is 4.18 Å². The number of methoxy groups -OCH3 is 1. The van der Waals surface area contributed by atoms with Crippen LogP contribution in [-0.2, 0) is 26.4 Å². The Bertz CT molecular complexity index is 1350. The van der Waals surface area contributed by atoms with Gasteiger partial charge in [0.1, 0.15) is 0 Å². The summed E-state index contributed by atoms with van der Waals surface area (Å²) in [6.45, 7) is 0. The second kappa shape index (κ2) is 10.7. The Hall–Kier alpha value is -3.38. The molecule has 2 aromatic carbocycles. The van der Waals surface area contributed by atoms with Crippen LogP contribution >= 0.6 is 11.3 Å². The molecule has 1 aromatic heterocycles. The van der Waals surface area contributed by atoms with Gasteiger partial charge in [0, 0.05) is 35.2 Å². The highest BCUT2D eigenvalue weighted by atomic mass is 32.3. The number of benzene rings is 2. The van der Waals surface area contributed by atoms with E-state index in [1.807, 2.05) is 29.9 Å². The molecule has 0 N–H and O–H groups in total. The number of ether oxygens (including phenoxy) is 1. The number of hydrogen-bond donors (Lipinski definition) is 0. The van der Waals surface area contributed by atoms with Crippen molar-refractivity contribution in [1.29, 1.82) is 0 Å². The van der Waals surface area contributed by atoms with E-state index in [1.165, 1.54) is 18.4 Å². The molecular formula is C23H23N3O6S2. The zero-order valence-corrected chi connectivity index (χ0v) is 20.6. The van der Waals surface area contributed by atoms with Crippen molar-refractivity contribution < 1.29 is 31.4 Å². The number of likely N-dealkylation sites (N-methyl/N-ethyl adjacent to an activating group) is 1. The number of nitrogens with zero attached hydrogens (tertiary/aromatic N) is 3. The van der Waals surface area contributed by atoms with Crippen molar-refractivity contribution in [3.63, 3.8) is 0 Å². The molecule has 0 bridgehead atoms. The first-order valence-corrected chi connectivity index (χ1v) is 12.1. The first-order chi connectivity index (χ1) is 16.1. The summed E-state index contributed by atoms with van der Waals surface area (Å²) < 4.78 is 37.6. The van der Waals surface area contributed by atoms with Crippen molar-refractivity contribution >= 4 is 45.5 Å². The molecule has 0 fully saturated rings. The molecule has 0 unspecified atom stereocenters. The van der Waals surface area contributed by atoms with Crippen molar-refractivity contribution in [2.75, 3.05) is 26.2 Å². The molecule has 0 saturated heterocycles. The largest absolute Gasteiger partial charge is 0.726 e. The predicted octanol–water partition coefficient (Wildman–Crippen LogP) is 3.02. The number of carbonyl (C=O) groups is 1. The summed E-state index contributed by atoms with van der Waals surface area (Å²) in [5.41, 5.74) is 4.99. The molecule has 11 heteroatoms. The normalized spacial score (nSPS) is 13.8. The number of rotatable bonds is 4. The monoisotopic (exact) mass is 501 g/mol. The van der Waals surface area contributed by atoms with Crippen LogP contribution in [0.5, 0.6) is 0 Å². The minimum absolute atomic E-state index is 0.339. The van der Waals surface area contributed by atoms with Gasteiger partial charge in [-0.25, -0.2) is 13.2 Å². The lowest BCUT2D eigenvalue weighted by Gasteiger charge is -2.25. The Morgan fingerprint density at radius 3 is 2.38 bits per heavy atom. The fraction of sp³-hybridized carbons (Fsp3) is 0.174. The minimum atomic E-state index is -4.41. The van der Waals surface area contributed by atoms with Crippen molar-refractivity contribution in [3.8, 4) is 10.6 Å². The topological polar surface area (TPSA) is 113 Å². The van der Waals surface area contributed by atoms with Crippen molar-refractivity contribution in [2.24, 2.45) is 7.05 Å². The molecule has 1 aliphatic rings. The Labute approximate surface area is 202 Å². The summed E-state index contributed by atoms with van der Waals surface area (Å²) in [6, 6.07) is 15.6. The third-order valence-electron chi connectivity index (χ3n) is 4.91. The van der Waals surface area contributed by atoms with Gasteiger partial charge < -0.3 is 14.2 Å². The lowest BCUT2D eigenvalue weighted by molar-refractivity contribution is -0.726. The molecule has 0 saturated carbocycles. The van der Waals surface area contributed by atoms with Crippen LogP contribution in [0.25, 0.3) is 22.7 Å². The van der Waals surface area contributed by atoms with E-state index in [1.54, 1.807) is 23.5 Å². The highest BCUT2D eigenvalue weighted by Crippen LogP contribution is 2.31. The average molecular weight is 502 g/mol. The van der Waals surface area contributed by atoms with E-state index in [4.69, 9.17) is 4.74 Å². The van der Waals surface area contributed by atoms with Gasteiger partial charge in [0.05, 0.1) is 19.8 Å². The zero-order chi connectivity index (χ0) is 24.9. The number of aromatic nitrogens is 2. The Morgan fingerprint density at radius 1 is 1.12 bits per heavy atom. The Balaban J connectivity index is 0.000000481. The molecule has 0 amide bonds. The number of hydrogen-bond acceptors (Lipinski definition) is 9. The summed E-state index contributed by atoms with van der Waals surface area (Å²) in [4.78, 5) is 13.8. The van der Waals surface area contributed by atoms with E-state index in [-0.39, 0.29) is 5.97 Å². The van der Waals surface area contributed by atoms with Crippen LogP contribution in [0.1, 0.15) is 20.9 Å². The standard InChI is InChI=1S/C22H20N3O2S.CH4O4S/c1-24-18(13-12-15-6-4-5-7-19(15)24)14-20-25(2)23-21(28-20)16-8-10-17(11-9-16)22(26)27-3;1-5-6(2,3)4/h4-14H,1-3H3;1H3,(H,2,3,4)/q+1;/p-1. The van der Waals surface area contributed by atoms with Crippen LogP contribution in [0.2, 0.25) is 0 Å². The summed E-state index contributed by atoms with van der Waals surface area (Å²) >= 11 is 1.61. The number of fused-ring (bicyclic) bond motifs is 1. The van der Waals surface area contributed by atoms with Gasteiger partial charge >= 0.3 is 5.97 Å². The molecule has 34 heavy (non-hydrogen) atoms. The van der Waals surface area contributed by atoms with Crippen LogP contribution < -0.4 is 9.58 Å². The number of carbonyl (C=O) groups excluding carboxylic acids is 1. The van der Waals surface area contributed by atoms with Gasteiger partial charge in [-0.1, -0.05) is 41.1 Å². The molecule has 0 aliphatic carbocycles. The van der Waals surface area contributed by atoms with Gasteiger partial charge in [-0.05, 0) is 41.2 Å². The van der Waals surface area contributed by atoms with Crippen molar-refractivity contribution in [2.45, 2.75) is 0 Å². The first kappa shape index (κ1) is 25.2. The molecule has 3 aromatic rings. The quantitative estimate of drug-likeness (QED) is 0.232. The Kier molecular flexibility index (Phi) is 7.94. The van der Waals surface area contributed by atoms with Gasteiger partial charge in [0.15, 0.2) is 12.1 Å². The summed E-state index contributed by atoms with van der Waals surface area (Å²) in [6.07, 6.45) is 6.39. The lowest BCUT2D eigenvalue weighted by atomic mass is 10.1. The Morgan fingerprint density at radius 2 is 1.76 bits per heavy atom. The van der Waals surface area contributed by atoms with Crippen molar-refractivity contribution in [3.05, 3.63) is 76.4 Å². The fourth-order valence-electron chi connectivity index (χ4n) is 3.11. The summed E-state index contributed by atoms with van der Waals surface area (Å²) in [5, 5.41) is 6.58. The highest BCUT2D eigenvalue weighted by molar-refractivity contribution is 7.80. The van der Waals surface area contributed by atoms with E-state index in [2.05, 4.69) is 57.7 Å². The number of aryl methyl sites for hydroxylation is 1. The number of allylic oxidation sites excluding steroid dienone is 1. The second-order valence-electron chi connectivity index (χ2n) is 7.03. The molecule has 0 radical (unpaired) electrons. The second-order valence-corrected chi connectivity index (χ2v) is 9.19. The molecule has 0 spiro atoms. The molecule has 178 valence electrons. The number of para-hydroxylation sites is 1. The van der Waals surface area contributed by atoms with E-state index < -0.39 is 10.4 Å². The third-order valence-corrected chi connectivity index (χ3v) is 6.42. The maximum atomic E-state index is 11.6. The molecule has 2 heterocycles. The van der Waals surface area contributed by atoms with Gasteiger partial charge in [0.2, 0.25) is 10.4 Å². The summed E-state index contributed by atoms with van der Waals surface area (Å²) in [5.74, 6) is -0.339. The average Bonchev–Trinajstić information content (AvgIpc) is 3.20. The SMILES string of the molecule is COC(=O)c1ccc(-c2n[n+](C)c(/C=C3\C=Cc4ccccc4N3C)s2)cc1.COS(=O)(=O)[O-]. The molecule has 1 aliphatic heterocycles. The van der Waals surface area contributed by atoms with Gasteiger partial charge in [-0.2, -0.15) is 0 Å². The van der Waals surface area contributed by atoms with Crippen LogP contribution in [0.15, 0.2) is 60.3 Å². The predicted molar refractivity (Wildman–Crippen MR) is 129 cm³/mol. The molecule has 9 nitrogen and oxygen atoms in total. The van der Waals surface area contributed by atoms with E-state index in [9.17, 15) is 17.8 Å². The number of esters is 1. The van der Waals surface area contributed by atoms with Crippen LogP contribution in [0.4, 0.5) is 5.69 Å². The van der Waals surface area contributed by atoms with Gasteiger partial charge in [0.25, 0.3) is 5.01 Å². The molecule has 0 atom stereocenters. The maximum absolute atomic E-state index is 11.6. The van der Waals surface area contributed by atoms with Crippen LogP contribution in [-0.4, -0.2) is 45.3 Å². The third kappa shape index (κ3) is 6.14. The zero-order valence-electron chi connectivity index (χ0n) is 19.0. The number of anilines is 1. The molecule has 4 rings (SSSR count). The highest BCUT2D eigenvalue weighted by Gasteiger charge is 2.19. The minimum Gasteiger partial charge on any atom is -0.726 e. The lowest BCUT2D eigenvalue weighted by Crippen LogP contribution is -2.33. The van der Waals surface area contributed by atoms with Crippen molar-refractivity contribution in [1.82, 2.24) is 5.10 Å². The molecular weight excluding hydrogens is 478 g/mol. The van der Waals surface area contributed by atoms with Crippen LogP contribution in [0, 0.1) is 0 Å². The first-order valence-electron chi connectivity index (χ1n) is 9.93. The smallest absolute Gasteiger partial charge is 0.337 e. The summed E-state index contributed by atoms with van der Waals surface area (Å²) in [7, 11) is 1.79. The van der Waals surface area contributed by atoms with E-state index >= 15 is 0 Å². The fourth-order valence-corrected chi connectivity index (χ4v) is 4.08. The van der Waals surface area contributed by atoms with E-state index in [0.29, 0.717) is 5.56 Å².